The molecule has 0 bridgehead atoms. The number of hydrogen-bond donors (Lipinski definition) is 1. The summed E-state index contributed by atoms with van der Waals surface area (Å²) in [7, 11) is -3.75. The Bertz CT molecular complexity index is 1070. The van der Waals surface area contributed by atoms with Crippen LogP contribution < -0.4 is 4.72 Å². The summed E-state index contributed by atoms with van der Waals surface area (Å²) in [6.45, 7) is 1.76. The van der Waals surface area contributed by atoms with Gasteiger partial charge in [0.2, 0.25) is 11.7 Å². The van der Waals surface area contributed by atoms with Crippen molar-refractivity contribution in [2.24, 2.45) is 0 Å². The number of nitrogens with one attached hydrogen (secondary N) is 1. The SMILES string of the molecule is Cc1ccc(-c2noc(C3CC3)n2)cc1S(=O)(=O)Nc1cccc(Br)c1. The summed E-state index contributed by atoms with van der Waals surface area (Å²) in [5.74, 6) is 1.38. The first-order valence-corrected chi connectivity index (χ1v) is 10.4. The molecule has 26 heavy (non-hydrogen) atoms. The average Bonchev–Trinajstić information content (AvgIpc) is 3.32. The number of nitrogens with zero attached hydrogens (tertiary/aromatic N) is 2. The van der Waals surface area contributed by atoms with Gasteiger partial charge in [0.05, 0.1) is 4.90 Å². The highest BCUT2D eigenvalue weighted by atomic mass is 79.9. The molecule has 3 aromatic rings. The largest absolute Gasteiger partial charge is 0.339 e. The Morgan fingerprint density at radius 1 is 1.19 bits per heavy atom. The van der Waals surface area contributed by atoms with Crippen molar-refractivity contribution in [3.63, 3.8) is 0 Å². The van der Waals surface area contributed by atoms with Crippen molar-refractivity contribution in [1.29, 1.82) is 0 Å². The third-order valence-electron chi connectivity index (χ3n) is 4.18. The van der Waals surface area contributed by atoms with Gasteiger partial charge in [-0.1, -0.05) is 39.3 Å². The molecule has 1 aromatic heterocycles. The minimum absolute atomic E-state index is 0.188. The maximum atomic E-state index is 12.9. The summed E-state index contributed by atoms with van der Waals surface area (Å²) in [4.78, 5) is 4.58. The molecule has 1 saturated carbocycles. The van der Waals surface area contributed by atoms with E-state index >= 15 is 0 Å². The zero-order chi connectivity index (χ0) is 18.3. The lowest BCUT2D eigenvalue weighted by atomic mass is 10.1. The van der Waals surface area contributed by atoms with Gasteiger partial charge in [0, 0.05) is 21.6 Å². The molecule has 1 aliphatic carbocycles. The zero-order valence-corrected chi connectivity index (χ0v) is 16.3. The molecule has 6 nitrogen and oxygen atoms in total. The Kier molecular flexibility index (Phi) is 4.32. The number of aromatic nitrogens is 2. The predicted octanol–water partition coefficient (Wildman–Crippen LogP) is 4.49. The number of sulfonamides is 1. The number of halogens is 1. The van der Waals surface area contributed by atoms with Gasteiger partial charge in [0.1, 0.15) is 0 Å². The molecule has 0 atom stereocenters. The Morgan fingerprint density at radius 3 is 2.73 bits per heavy atom. The fourth-order valence-corrected chi connectivity index (χ4v) is 4.36. The molecule has 134 valence electrons. The van der Waals surface area contributed by atoms with Crippen molar-refractivity contribution in [3.8, 4) is 11.4 Å². The Morgan fingerprint density at radius 2 is 2.00 bits per heavy atom. The molecule has 1 heterocycles. The second-order valence-electron chi connectivity index (χ2n) is 6.33. The second-order valence-corrected chi connectivity index (χ2v) is 8.89. The van der Waals surface area contributed by atoms with E-state index in [4.69, 9.17) is 4.52 Å². The van der Waals surface area contributed by atoms with E-state index in [0.717, 1.165) is 17.3 Å². The number of rotatable bonds is 5. The van der Waals surface area contributed by atoms with Gasteiger partial charge >= 0.3 is 0 Å². The van der Waals surface area contributed by atoms with E-state index in [1.54, 1.807) is 43.3 Å². The second kappa shape index (κ2) is 6.51. The molecule has 1 N–H and O–H groups in total. The van der Waals surface area contributed by atoms with Gasteiger partial charge in [-0.05, 0) is 49.6 Å². The molecule has 2 aromatic carbocycles. The first-order valence-electron chi connectivity index (χ1n) is 8.15. The first kappa shape index (κ1) is 17.2. The lowest BCUT2D eigenvalue weighted by Gasteiger charge is -2.11. The Labute approximate surface area is 159 Å². The Balaban J connectivity index is 1.68. The van der Waals surface area contributed by atoms with Gasteiger partial charge in [-0.25, -0.2) is 8.42 Å². The monoisotopic (exact) mass is 433 g/mol. The third kappa shape index (κ3) is 3.52. The van der Waals surface area contributed by atoms with Crippen molar-refractivity contribution in [3.05, 3.63) is 58.4 Å². The highest BCUT2D eigenvalue weighted by molar-refractivity contribution is 9.10. The van der Waals surface area contributed by atoms with Crippen LogP contribution in [0, 0.1) is 6.92 Å². The van der Waals surface area contributed by atoms with Crippen LogP contribution in [0.25, 0.3) is 11.4 Å². The molecule has 0 unspecified atom stereocenters. The molecule has 8 heteroatoms. The van der Waals surface area contributed by atoms with Crippen molar-refractivity contribution < 1.29 is 12.9 Å². The molecule has 0 radical (unpaired) electrons. The molecule has 0 amide bonds. The molecule has 0 spiro atoms. The van der Waals surface area contributed by atoms with Gasteiger partial charge in [-0.3, -0.25) is 4.72 Å². The van der Waals surface area contributed by atoms with E-state index in [0.29, 0.717) is 34.4 Å². The van der Waals surface area contributed by atoms with E-state index in [2.05, 4.69) is 30.8 Å². The van der Waals surface area contributed by atoms with Gasteiger partial charge < -0.3 is 4.52 Å². The molecule has 4 rings (SSSR count). The maximum absolute atomic E-state index is 12.9. The topological polar surface area (TPSA) is 85.1 Å². The minimum Gasteiger partial charge on any atom is -0.339 e. The quantitative estimate of drug-likeness (QED) is 0.640. The van der Waals surface area contributed by atoms with E-state index in [1.165, 1.54) is 0 Å². The van der Waals surface area contributed by atoms with Crippen molar-refractivity contribution in [1.82, 2.24) is 10.1 Å². The number of aryl methyl sites for hydroxylation is 1. The van der Waals surface area contributed by atoms with E-state index in [-0.39, 0.29) is 4.90 Å². The summed E-state index contributed by atoms with van der Waals surface area (Å²) < 4.78 is 34.4. The highest BCUT2D eigenvalue weighted by Crippen LogP contribution is 2.39. The highest BCUT2D eigenvalue weighted by Gasteiger charge is 2.30. The van der Waals surface area contributed by atoms with Crippen LogP contribution in [0.1, 0.15) is 30.2 Å². The van der Waals surface area contributed by atoms with Gasteiger partial charge in [0.15, 0.2) is 0 Å². The van der Waals surface area contributed by atoms with Crippen molar-refractivity contribution in [2.45, 2.75) is 30.6 Å². The molecular weight excluding hydrogens is 418 g/mol. The molecular formula is C18H16BrN3O3S. The summed E-state index contributed by atoms with van der Waals surface area (Å²) in [6, 6.07) is 12.1. The molecule has 1 aliphatic rings. The summed E-state index contributed by atoms with van der Waals surface area (Å²) in [6.07, 6.45) is 2.12. The summed E-state index contributed by atoms with van der Waals surface area (Å²) >= 11 is 3.34. The third-order valence-corrected chi connectivity index (χ3v) is 6.20. The van der Waals surface area contributed by atoms with Gasteiger partial charge in [0.25, 0.3) is 10.0 Å². The normalized spacial score (nSPS) is 14.4. The Hall–Kier alpha value is -2.19. The number of benzene rings is 2. The first-order chi connectivity index (χ1) is 12.4. The smallest absolute Gasteiger partial charge is 0.262 e. The molecule has 0 saturated heterocycles. The number of anilines is 1. The lowest BCUT2D eigenvalue weighted by molar-refractivity contribution is 0.380. The van der Waals surface area contributed by atoms with Crippen LogP contribution >= 0.6 is 15.9 Å². The molecule has 0 aliphatic heterocycles. The van der Waals surface area contributed by atoms with Crippen LogP contribution in [-0.2, 0) is 10.0 Å². The number of hydrogen-bond acceptors (Lipinski definition) is 5. The van der Waals surface area contributed by atoms with Crippen LogP contribution in [0.5, 0.6) is 0 Å². The summed E-state index contributed by atoms with van der Waals surface area (Å²) in [5, 5.41) is 3.99. The lowest BCUT2D eigenvalue weighted by Crippen LogP contribution is -2.14. The minimum atomic E-state index is -3.75. The van der Waals surface area contributed by atoms with Crippen LogP contribution in [-0.4, -0.2) is 18.6 Å². The average molecular weight is 434 g/mol. The van der Waals surface area contributed by atoms with Crippen molar-refractivity contribution >= 4 is 31.6 Å². The van der Waals surface area contributed by atoms with E-state index in [1.807, 2.05) is 6.07 Å². The van der Waals surface area contributed by atoms with Crippen LogP contribution in [0.15, 0.2) is 56.4 Å². The van der Waals surface area contributed by atoms with Crippen LogP contribution in [0.3, 0.4) is 0 Å². The van der Waals surface area contributed by atoms with Gasteiger partial charge in [-0.2, -0.15) is 4.98 Å². The van der Waals surface area contributed by atoms with Crippen LogP contribution in [0.4, 0.5) is 5.69 Å². The fourth-order valence-electron chi connectivity index (χ4n) is 2.64. The standard InChI is InChI=1S/C18H16BrN3O3S/c1-11-5-6-13(17-20-18(25-21-17)12-7-8-12)9-16(11)26(23,24)22-15-4-2-3-14(19)10-15/h2-6,9-10,12,22H,7-8H2,1H3. The van der Waals surface area contributed by atoms with Gasteiger partial charge in [-0.15, -0.1) is 0 Å². The van der Waals surface area contributed by atoms with E-state index in [9.17, 15) is 8.42 Å². The summed E-state index contributed by atoms with van der Waals surface area (Å²) in [5.41, 5.74) is 1.74. The molecule has 1 fully saturated rings. The maximum Gasteiger partial charge on any atom is 0.262 e. The zero-order valence-electron chi connectivity index (χ0n) is 13.9. The van der Waals surface area contributed by atoms with Crippen molar-refractivity contribution in [2.75, 3.05) is 4.72 Å². The van der Waals surface area contributed by atoms with Crippen LogP contribution in [0.2, 0.25) is 0 Å². The van der Waals surface area contributed by atoms with E-state index < -0.39 is 10.0 Å². The predicted molar refractivity (Wildman–Crippen MR) is 101 cm³/mol. The fraction of sp³-hybridized carbons (Fsp3) is 0.222.